The first-order valence-electron chi connectivity index (χ1n) is 4.63. The Morgan fingerprint density at radius 1 is 1.33 bits per heavy atom. The molecule has 0 fully saturated rings. The van der Waals surface area contributed by atoms with Gasteiger partial charge in [0.1, 0.15) is 0 Å². The van der Waals surface area contributed by atoms with Crippen molar-refractivity contribution in [3.63, 3.8) is 0 Å². The Bertz CT molecular complexity index is 554. The normalized spacial score (nSPS) is 10.6. The summed E-state index contributed by atoms with van der Waals surface area (Å²) >= 11 is 11.3. The number of imidazole rings is 1. The maximum atomic E-state index is 6.07. The fourth-order valence-electron chi connectivity index (χ4n) is 1.55. The van der Waals surface area contributed by atoms with Crippen molar-refractivity contribution in [1.29, 1.82) is 0 Å². The number of aromatic amines is 1. The van der Waals surface area contributed by atoms with Gasteiger partial charge in [0.2, 0.25) is 0 Å². The highest BCUT2D eigenvalue weighted by Gasteiger charge is 2.05. The van der Waals surface area contributed by atoms with E-state index in [1.165, 1.54) is 0 Å². The molecule has 2 aromatic rings. The van der Waals surface area contributed by atoms with Gasteiger partial charge < -0.3 is 4.98 Å². The summed E-state index contributed by atoms with van der Waals surface area (Å²) in [5.74, 6) is 0. The third kappa shape index (κ3) is 1.85. The largest absolute Gasteiger partial charge is 0.335 e. The molecule has 0 radical (unpaired) electrons. The van der Waals surface area contributed by atoms with Crippen LogP contribution in [-0.4, -0.2) is 9.55 Å². The van der Waals surface area contributed by atoms with Crippen LogP contribution in [0.2, 0.25) is 5.02 Å². The van der Waals surface area contributed by atoms with E-state index >= 15 is 0 Å². The number of H-pyrrole nitrogens is 1. The van der Waals surface area contributed by atoms with E-state index in [1.807, 2.05) is 42.8 Å². The first kappa shape index (κ1) is 10.5. The average Bonchev–Trinajstić information content (AvgIpc) is 2.50. The van der Waals surface area contributed by atoms with Crippen LogP contribution in [0.5, 0.6) is 0 Å². The van der Waals surface area contributed by atoms with Crippen molar-refractivity contribution in [3.8, 4) is 5.69 Å². The number of hydrogen-bond acceptors (Lipinski definition) is 1. The zero-order valence-electron chi connectivity index (χ0n) is 8.54. The lowest BCUT2D eigenvalue weighted by molar-refractivity contribution is 1.02. The third-order valence-corrected chi connectivity index (χ3v) is 3.05. The molecule has 0 saturated heterocycles. The zero-order chi connectivity index (χ0) is 11.0. The molecule has 0 aliphatic heterocycles. The van der Waals surface area contributed by atoms with E-state index < -0.39 is 0 Å². The molecule has 4 heteroatoms. The molecule has 0 amide bonds. The monoisotopic (exact) mass is 238 g/mol. The Balaban J connectivity index is 2.69. The lowest BCUT2D eigenvalue weighted by atomic mass is 10.2. The van der Waals surface area contributed by atoms with Gasteiger partial charge >= 0.3 is 0 Å². The fourth-order valence-corrected chi connectivity index (χ4v) is 2.03. The van der Waals surface area contributed by atoms with E-state index in [2.05, 4.69) is 4.98 Å². The lowest BCUT2D eigenvalue weighted by Crippen LogP contribution is -1.95. The summed E-state index contributed by atoms with van der Waals surface area (Å²) in [6.45, 7) is 3.97. The molecule has 0 unspecified atom stereocenters. The molecule has 0 aliphatic rings. The molecular weight excluding hydrogens is 228 g/mol. The highest BCUT2D eigenvalue weighted by atomic mass is 35.5. The second kappa shape index (κ2) is 3.83. The SMILES string of the molecule is Cc1cn(-c2cccc(Cl)c2C)c(=S)[nH]1. The van der Waals surface area contributed by atoms with Crippen LogP contribution >= 0.6 is 23.8 Å². The summed E-state index contributed by atoms with van der Waals surface area (Å²) in [4.78, 5) is 3.09. The van der Waals surface area contributed by atoms with Gasteiger partial charge in [0.05, 0.1) is 5.69 Å². The van der Waals surface area contributed by atoms with E-state index in [9.17, 15) is 0 Å². The molecule has 0 saturated carbocycles. The zero-order valence-corrected chi connectivity index (χ0v) is 10.1. The average molecular weight is 239 g/mol. The predicted molar refractivity (Wildman–Crippen MR) is 65.4 cm³/mol. The number of nitrogens with one attached hydrogen (secondary N) is 1. The van der Waals surface area contributed by atoms with Crippen molar-refractivity contribution < 1.29 is 0 Å². The van der Waals surface area contributed by atoms with E-state index in [0.29, 0.717) is 4.77 Å². The number of halogens is 1. The molecule has 78 valence electrons. The Hall–Kier alpha value is -1.06. The van der Waals surface area contributed by atoms with Gasteiger partial charge in [0, 0.05) is 16.9 Å². The first-order valence-corrected chi connectivity index (χ1v) is 5.42. The van der Waals surface area contributed by atoms with Crippen LogP contribution in [0.3, 0.4) is 0 Å². The third-order valence-electron chi connectivity index (χ3n) is 2.34. The van der Waals surface area contributed by atoms with Gasteiger partial charge in [-0.15, -0.1) is 0 Å². The highest BCUT2D eigenvalue weighted by Crippen LogP contribution is 2.22. The molecule has 1 heterocycles. The molecule has 0 aliphatic carbocycles. The van der Waals surface area contributed by atoms with Crippen LogP contribution in [0.4, 0.5) is 0 Å². The molecule has 0 bridgehead atoms. The van der Waals surface area contributed by atoms with E-state index in [1.54, 1.807) is 0 Å². The molecule has 2 nitrogen and oxygen atoms in total. The van der Waals surface area contributed by atoms with Crippen molar-refractivity contribution in [2.24, 2.45) is 0 Å². The van der Waals surface area contributed by atoms with Crippen LogP contribution in [-0.2, 0) is 0 Å². The number of benzene rings is 1. The minimum absolute atomic E-state index is 0.692. The van der Waals surface area contributed by atoms with Gasteiger partial charge in [0.15, 0.2) is 4.77 Å². The van der Waals surface area contributed by atoms with Crippen LogP contribution in [0.25, 0.3) is 5.69 Å². The predicted octanol–water partition coefficient (Wildman–Crippen LogP) is 3.81. The Kier molecular flexibility index (Phi) is 2.67. The van der Waals surface area contributed by atoms with Gasteiger partial charge in [-0.2, -0.15) is 0 Å². The second-order valence-electron chi connectivity index (χ2n) is 3.50. The minimum Gasteiger partial charge on any atom is -0.335 e. The molecule has 1 N–H and O–H groups in total. The minimum atomic E-state index is 0.692. The highest BCUT2D eigenvalue weighted by molar-refractivity contribution is 7.71. The lowest BCUT2D eigenvalue weighted by Gasteiger charge is -2.07. The Labute approximate surface area is 98.5 Å². The topological polar surface area (TPSA) is 20.7 Å². The first-order chi connectivity index (χ1) is 7.09. The van der Waals surface area contributed by atoms with E-state index in [-0.39, 0.29) is 0 Å². The molecule has 0 atom stereocenters. The van der Waals surface area contributed by atoms with Crippen LogP contribution in [0, 0.1) is 18.6 Å². The Morgan fingerprint density at radius 2 is 2.07 bits per heavy atom. The number of nitrogens with zero attached hydrogens (tertiary/aromatic N) is 1. The number of rotatable bonds is 1. The van der Waals surface area contributed by atoms with Gasteiger partial charge in [-0.1, -0.05) is 17.7 Å². The molecule has 1 aromatic heterocycles. The molecule has 0 spiro atoms. The van der Waals surface area contributed by atoms with Gasteiger partial charge in [-0.05, 0) is 43.8 Å². The van der Waals surface area contributed by atoms with Gasteiger partial charge in [-0.25, -0.2) is 0 Å². The van der Waals surface area contributed by atoms with Crippen molar-refractivity contribution in [3.05, 3.63) is 45.4 Å². The number of aryl methyl sites for hydroxylation is 1. The van der Waals surface area contributed by atoms with Crippen LogP contribution < -0.4 is 0 Å². The van der Waals surface area contributed by atoms with Gasteiger partial charge in [-0.3, -0.25) is 4.57 Å². The number of aromatic nitrogens is 2. The van der Waals surface area contributed by atoms with Crippen LogP contribution in [0.15, 0.2) is 24.4 Å². The van der Waals surface area contributed by atoms with E-state index in [0.717, 1.165) is 22.0 Å². The summed E-state index contributed by atoms with van der Waals surface area (Å²) in [7, 11) is 0. The van der Waals surface area contributed by atoms with Crippen molar-refractivity contribution in [2.45, 2.75) is 13.8 Å². The second-order valence-corrected chi connectivity index (χ2v) is 4.29. The summed E-state index contributed by atoms with van der Waals surface area (Å²) < 4.78 is 2.63. The quantitative estimate of drug-likeness (QED) is 0.750. The van der Waals surface area contributed by atoms with E-state index in [4.69, 9.17) is 23.8 Å². The van der Waals surface area contributed by atoms with Gasteiger partial charge in [0.25, 0.3) is 0 Å². The van der Waals surface area contributed by atoms with Crippen molar-refractivity contribution in [1.82, 2.24) is 9.55 Å². The fraction of sp³-hybridized carbons (Fsp3) is 0.182. The molecule has 2 rings (SSSR count). The maximum absolute atomic E-state index is 6.07. The summed E-state index contributed by atoms with van der Waals surface area (Å²) in [5.41, 5.74) is 3.10. The maximum Gasteiger partial charge on any atom is 0.181 e. The summed E-state index contributed by atoms with van der Waals surface area (Å²) in [6, 6.07) is 5.81. The molecule has 1 aromatic carbocycles. The smallest absolute Gasteiger partial charge is 0.181 e. The van der Waals surface area contributed by atoms with Crippen molar-refractivity contribution >= 4 is 23.8 Å². The standard InChI is InChI=1S/C11H11ClN2S/c1-7-6-14(11(15)13-7)10-5-3-4-9(12)8(10)2/h3-6H,1-2H3,(H,13,15). The number of hydrogen-bond donors (Lipinski definition) is 1. The summed E-state index contributed by atoms with van der Waals surface area (Å²) in [6.07, 6.45) is 1.97. The molecule has 15 heavy (non-hydrogen) atoms. The van der Waals surface area contributed by atoms with Crippen molar-refractivity contribution in [2.75, 3.05) is 0 Å². The van der Waals surface area contributed by atoms with Crippen LogP contribution in [0.1, 0.15) is 11.3 Å². The molecular formula is C11H11ClN2S. The Morgan fingerprint density at radius 3 is 2.67 bits per heavy atom. The summed E-state index contributed by atoms with van der Waals surface area (Å²) in [5, 5.41) is 0.758.